The number of carbonyl (C=O) groups is 1. The first-order valence-electron chi connectivity index (χ1n) is 7.66. The molecule has 2 atom stereocenters. The Morgan fingerprint density at radius 2 is 2.30 bits per heavy atom. The molecule has 0 aromatic carbocycles. The highest BCUT2D eigenvalue weighted by molar-refractivity contribution is 5.99. The predicted octanol–water partition coefficient (Wildman–Crippen LogP) is 3.07. The number of carbonyl (C=O) groups excluding carboxylic acids is 1. The number of anilines is 1. The molecule has 4 heteroatoms. The van der Waals surface area contributed by atoms with Crippen LogP contribution in [0.5, 0.6) is 0 Å². The topological polar surface area (TPSA) is 54.0 Å². The predicted molar refractivity (Wildman–Crippen MR) is 81.9 cm³/mol. The van der Waals surface area contributed by atoms with Crippen molar-refractivity contribution in [2.45, 2.75) is 39.5 Å². The fourth-order valence-electron chi connectivity index (χ4n) is 3.00. The van der Waals surface area contributed by atoms with Crippen molar-refractivity contribution in [2.75, 3.05) is 18.4 Å². The molecule has 1 heterocycles. The molecule has 0 radical (unpaired) electrons. The summed E-state index contributed by atoms with van der Waals surface area (Å²) in [5.41, 5.74) is 1.50. The lowest BCUT2D eigenvalue weighted by Gasteiger charge is -2.26. The molecule has 1 aromatic rings. The summed E-state index contributed by atoms with van der Waals surface area (Å²) in [6.07, 6.45) is 8.42. The van der Waals surface area contributed by atoms with Crippen LogP contribution in [-0.4, -0.2) is 24.0 Å². The summed E-state index contributed by atoms with van der Waals surface area (Å²) in [7, 11) is 0. The molecule has 0 bridgehead atoms. The van der Waals surface area contributed by atoms with Crippen molar-refractivity contribution in [2.24, 2.45) is 11.8 Å². The highest BCUT2D eigenvalue weighted by atomic mass is 16.1. The van der Waals surface area contributed by atoms with E-state index < -0.39 is 0 Å². The number of hydrogen-bond donors (Lipinski definition) is 2. The van der Waals surface area contributed by atoms with E-state index in [2.05, 4.69) is 22.5 Å². The van der Waals surface area contributed by atoms with Crippen molar-refractivity contribution >= 4 is 11.6 Å². The Morgan fingerprint density at radius 3 is 3.05 bits per heavy atom. The van der Waals surface area contributed by atoms with Crippen LogP contribution in [0.4, 0.5) is 5.69 Å². The van der Waals surface area contributed by atoms with Crippen LogP contribution in [0, 0.1) is 11.8 Å². The van der Waals surface area contributed by atoms with Crippen molar-refractivity contribution in [1.29, 1.82) is 0 Å². The van der Waals surface area contributed by atoms with Crippen LogP contribution in [0.3, 0.4) is 0 Å². The second kappa shape index (κ2) is 7.27. The molecule has 1 aliphatic carbocycles. The second-order valence-electron chi connectivity index (χ2n) is 5.80. The molecule has 2 rings (SSSR count). The SMILES string of the molecule is CCNc1ccncc1C(=O)NCC1CCCC(C)C1. The highest BCUT2D eigenvalue weighted by Gasteiger charge is 2.20. The van der Waals surface area contributed by atoms with Crippen LogP contribution in [0.2, 0.25) is 0 Å². The lowest BCUT2D eigenvalue weighted by Crippen LogP contribution is -2.32. The first kappa shape index (κ1) is 14.8. The average molecular weight is 275 g/mol. The molecule has 4 nitrogen and oxygen atoms in total. The van der Waals surface area contributed by atoms with E-state index in [1.54, 1.807) is 12.4 Å². The van der Waals surface area contributed by atoms with Gasteiger partial charge in [-0.25, -0.2) is 0 Å². The third kappa shape index (κ3) is 3.95. The van der Waals surface area contributed by atoms with Crippen molar-refractivity contribution in [1.82, 2.24) is 10.3 Å². The summed E-state index contributed by atoms with van der Waals surface area (Å²) < 4.78 is 0. The Labute approximate surface area is 121 Å². The lowest BCUT2D eigenvalue weighted by molar-refractivity contribution is 0.0941. The van der Waals surface area contributed by atoms with Gasteiger partial charge in [0.25, 0.3) is 5.91 Å². The third-order valence-corrected chi connectivity index (χ3v) is 4.03. The number of pyridine rings is 1. The Morgan fingerprint density at radius 1 is 1.45 bits per heavy atom. The summed E-state index contributed by atoms with van der Waals surface area (Å²) in [5.74, 6) is 1.40. The molecule has 1 aliphatic rings. The molecule has 2 N–H and O–H groups in total. The van der Waals surface area contributed by atoms with Gasteiger partial charge in [0, 0.05) is 25.5 Å². The zero-order valence-corrected chi connectivity index (χ0v) is 12.5. The van der Waals surface area contributed by atoms with E-state index in [9.17, 15) is 4.79 Å². The largest absolute Gasteiger partial charge is 0.385 e. The number of nitrogens with one attached hydrogen (secondary N) is 2. The molecule has 2 unspecified atom stereocenters. The molecule has 1 aromatic heterocycles. The number of nitrogens with zero attached hydrogens (tertiary/aromatic N) is 1. The zero-order chi connectivity index (χ0) is 14.4. The first-order valence-corrected chi connectivity index (χ1v) is 7.66. The summed E-state index contributed by atoms with van der Waals surface area (Å²) in [4.78, 5) is 16.3. The molecule has 1 fully saturated rings. The van der Waals surface area contributed by atoms with Crippen LogP contribution >= 0.6 is 0 Å². The normalized spacial score (nSPS) is 22.3. The van der Waals surface area contributed by atoms with Crippen LogP contribution in [0.15, 0.2) is 18.5 Å². The minimum absolute atomic E-state index is 0.0210. The van der Waals surface area contributed by atoms with E-state index in [1.807, 2.05) is 13.0 Å². The van der Waals surface area contributed by atoms with Gasteiger partial charge in [-0.2, -0.15) is 0 Å². The summed E-state index contributed by atoms with van der Waals surface area (Å²) in [6, 6.07) is 1.85. The van der Waals surface area contributed by atoms with Gasteiger partial charge in [-0.3, -0.25) is 9.78 Å². The number of aromatic nitrogens is 1. The lowest BCUT2D eigenvalue weighted by atomic mass is 9.82. The van der Waals surface area contributed by atoms with Crippen molar-refractivity contribution in [3.05, 3.63) is 24.0 Å². The molecule has 0 aliphatic heterocycles. The van der Waals surface area contributed by atoms with Crippen LogP contribution in [0.1, 0.15) is 49.9 Å². The van der Waals surface area contributed by atoms with Gasteiger partial charge in [-0.1, -0.05) is 19.8 Å². The minimum Gasteiger partial charge on any atom is -0.385 e. The molecule has 1 saturated carbocycles. The summed E-state index contributed by atoms with van der Waals surface area (Å²) in [5, 5.41) is 6.27. The quantitative estimate of drug-likeness (QED) is 0.868. The van der Waals surface area contributed by atoms with Gasteiger partial charge in [0.15, 0.2) is 0 Å². The van der Waals surface area contributed by atoms with Gasteiger partial charge >= 0.3 is 0 Å². The van der Waals surface area contributed by atoms with Gasteiger partial charge in [-0.15, -0.1) is 0 Å². The van der Waals surface area contributed by atoms with E-state index in [1.165, 1.54) is 25.7 Å². The molecule has 0 saturated heterocycles. The molecular formula is C16H25N3O. The van der Waals surface area contributed by atoms with Crippen molar-refractivity contribution < 1.29 is 4.79 Å². The smallest absolute Gasteiger partial charge is 0.254 e. The standard InChI is InChI=1S/C16H25N3O/c1-3-18-15-7-8-17-11-14(15)16(20)19-10-13-6-4-5-12(2)9-13/h7-8,11-13H,3-6,9-10H2,1-2H3,(H,17,18)(H,19,20). The third-order valence-electron chi connectivity index (χ3n) is 4.03. The molecule has 20 heavy (non-hydrogen) atoms. The molecule has 0 spiro atoms. The molecule has 110 valence electrons. The maximum absolute atomic E-state index is 12.3. The van der Waals surface area contributed by atoms with E-state index in [0.29, 0.717) is 11.5 Å². The monoisotopic (exact) mass is 275 g/mol. The minimum atomic E-state index is -0.0210. The van der Waals surface area contributed by atoms with Crippen LogP contribution in [0.25, 0.3) is 0 Å². The molecule has 1 amide bonds. The Kier molecular flexibility index (Phi) is 5.39. The van der Waals surface area contributed by atoms with Crippen molar-refractivity contribution in [3.63, 3.8) is 0 Å². The van der Waals surface area contributed by atoms with Gasteiger partial charge in [-0.05, 0) is 37.7 Å². The highest BCUT2D eigenvalue weighted by Crippen LogP contribution is 2.28. The van der Waals surface area contributed by atoms with Crippen molar-refractivity contribution in [3.8, 4) is 0 Å². The fraction of sp³-hybridized carbons (Fsp3) is 0.625. The fourth-order valence-corrected chi connectivity index (χ4v) is 3.00. The number of hydrogen-bond acceptors (Lipinski definition) is 3. The maximum atomic E-state index is 12.3. The zero-order valence-electron chi connectivity index (χ0n) is 12.5. The van der Waals surface area contributed by atoms with Gasteiger partial charge in [0.05, 0.1) is 11.3 Å². The van der Waals surface area contributed by atoms with Crippen LogP contribution < -0.4 is 10.6 Å². The van der Waals surface area contributed by atoms with Gasteiger partial charge in [0.1, 0.15) is 0 Å². The van der Waals surface area contributed by atoms with E-state index >= 15 is 0 Å². The first-order chi connectivity index (χ1) is 9.70. The van der Waals surface area contributed by atoms with Gasteiger partial charge < -0.3 is 10.6 Å². The Balaban J connectivity index is 1.91. The van der Waals surface area contributed by atoms with E-state index in [-0.39, 0.29) is 5.91 Å². The Bertz CT molecular complexity index is 447. The maximum Gasteiger partial charge on any atom is 0.254 e. The van der Waals surface area contributed by atoms with Gasteiger partial charge in [0.2, 0.25) is 0 Å². The number of amides is 1. The van der Waals surface area contributed by atoms with Crippen LogP contribution in [-0.2, 0) is 0 Å². The Hall–Kier alpha value is -1.58. The summed E-state index contributed by atoms with van der Waals surface area (Å²) >= 11 is 0. The second-order valence-corrected chi connectivity index (χ2v) is 5.80. The summed E-state index contributed by atoms with van der Waals surface area (Å²) in [6.45, 7) is 5.90. The van der Waals surface area contributed by atoms with E-state index in [0.717, 1.165) is 24.7 Å². The average Bonchev–Trinajstić information content (AvgIpc) is 2.46. The number of rotatable bonds is 5. The molecular weight excluding hydrogens is 250 g/mol. The van der Waals surface area contributed by atoms with E-state index in [4.69, 9.17) is 0 Å².